The van der Waals surface area contributed by atoms with E-state index in [0.29, 0.717) is 39.3 Å². The van der Waals surface area contributed by atoms with Gasteiger partial charge in [0, 0.05) is 38.2 Å². The van der Waals surface area contributed by atoms with Crippen molar-refractivity contribution >= 4 is 28.9 Å². The van der Waals surface area contributed by atoms with Crippen LogP contribution in [-0.4, -0.2) is 78.3 Å². The lowest BCUT2D eigenvalue weighted by Crippen LogP contribution is -2.46. The third kappa shape index (κ3) is 7.03. The van der Waals surface area contributed by atoms with Crippen LogP contribution >= 0.6 is 11.3 Å². The maximum absolute atomic E-state index is 13.8. The third-order valence-corrected chi connectivity index (χ3v) is 8.21. The predicted molar refractivity (Wildman–Crippen MR) is 151 cm³/mol. The van der Waals surface area contributed by atoms with Gasteiger partial charge in [0.15, 0.2) is 0 Å². The maximum atomic E-state index is 13.8. The van der Waals surface area contributed by atoms with Gasteiger partial charge in [-0.2, -0.15) is 18.3 Å². The van der Waals surface area contributed by atoms with E-state index >= 15 is 0 Å². The topological polar surface area (TPSA) is 65.5 Å². The van der Waals surface area contributed by atoms with Gasteiger partial charge in [-0.05, 0) is 48.2 Å². The smallest absolute Gasteiger partial charge is 0.379 e. The lowest BCUT2D eigenvalue weighted by atomic mass is 10.00. The second-order valence-electron chi connectivity index (χ2n) is 10.1. The Kier molecular flexibility index (Phi) is 8.86. The van der Waals surface area contributed by atoms with Crippen LogP contribution in [0.15, 0.2) is 71.1 Å². The van der Waals surface area contributed by atoms with Crippen molar-refractivity contribution in [1.29, 1.82) is 0 Å². The summed E-state index contributed by atoms with van der Waals surface area (Å²) in [6, 6.07) is 15.6. The van der Waals surface area contributed by atoms with E-state index < -0.39 is 17.6 Å². The molecular weight excluding hydrogens is 553 g/mol. The standard InChI is InChI=1S/C30H31F3N4O3S/c1-21-4-6-22(7-5-21)26-19-25(27-3-2-18-41-27)34-37(26)28(38)20-36(13-12-35-14-16-40-17-15-35)29(39)23-8-10-24(11-9-23)30(31,32)33/h2-11,18,26H,12-17,19-20H2,1H3/t26-/m0/s1. The Morgan fingerprint density at radius 3 is 2.39 bits per heavy atom. The Balaban J connectivity index is 1.39. The van der Waals surface area contributed by atoms with Gasteiger partial charge in [-0.1, -0.05) is 35.9 Å². The Bertz CT molecular complexity index is 1370. The summed E-state index contributed by atoms with van der Waals surface area (Å²) in [6.07, 6.45) is -3.97. The van der Waals surface area contributed by atoms with Crippen LogP contribution in [0.5, 0.6) is 0 Å². The number of hydrogen-bond acceptors (Lipinski definition) is 6. The molecule has 0 spiro atoms. The zero-order valence-electron chi connectivity index (χ0n) is 22.6. The van der Waals surface area contributed by atoms with E-state index in [1.54, 1.807) is 11.3 Å². The first kappa shape index (κ1) is 29.0. The molecule has 3 aromatic rings. The van der Waals surface area contributed by atoms with Crippen LogP contribution in [0.4, 0.5) is 13.2 Å². The molecule has 1 fully saturated rings. The lowest BCUT2D eigenvalue weighted by Gasteiger charge is -2.31. The monoisotopic (exact) mass is 584 g/mol. The fraction of sp³-hybridized carbons (Fsp3) is 0.367. The van der Waals surface area contributed by atoms with Gasteiger partial charge >= 0.3 is 6.18 Å². The minimum atomic E-state index is -4.51. The average Bonchev–Trinajstić information content (AvgIpc) is 3.66. The number of hydrogen-bond donors (Lipinski definition) is 0. The first-order valence-electron chi connectivity index (χ1n) is 13.5. The number of thiophene rings is 1. The SMILES string of the molecule is Cc1ccc([C@@H]2CC(c3cccs3)=NN2C(=O)CN(CCN2CCOCC2)C(=O)c2ccc(C(F)(F)F)cc2)cc1. The van der Waals surface area contributed by atoms with Crippen LogP contribution in [0, 0.1) is 6.92 Å². The molecule has 7 nitrogen and oxygen atoms in total. The Morgan fingerprint density at radius 2 is 1.76 bits per heavy atom. The van der Waals surface area contributed by atoms with Crippen molar-refractivity contribution in [2.45, 2.75) is 25.6 Å². The number of rotatable bonds is 8. The van der Waals surface area contributed by atoms with E-state index in [0.717, 1.165) is 46.0 Å². The highest BCUT2D eigenvalue weighted by molar-refractivity contribution is 7.12. The van der Waals surface area contributed by atoms with E-state index in [1.165, 1.54) is 9.91 Å². The van der Waals surface area contributed by atoms with Crippen molar-refractivity contribution in [3.63, 3.8) is 0 Å². The van der Waals surface area contributed by atoms with E-state index in [-0.39, 0.29) is 30.6 Å². The minimum absolute atomic E-state index is 0.0899. The summed E-state index contributed by atoms with van der Waals surface area (Å²) in [5.74, 6) is -0.863. The molecule has 3 heterocycles. The highest BCUT2D eigenvalue weighted by atomic mass is 32.1. The molecule has 0 N–H and O–H groups in total. The van der Waals surface area contributed by atoms with Crippen molar-refractivity contribution < 1.29 is 27.5 Å². The van der Waals surface area contributed by atoms with Gasteiger partial charge in [0.2, 0.25) is 0 Å². The van der Waals surface area contributed by atoms with Crippen LogP contribution in [-0.2, 0) is 15.7 Å². The van der Waals surface area contributed by atoms with Gasteiger partial charge in [0.05, 0.1) is 35.4 Å². The summed E-state index contributed by atoms with van der Waals surface area (Å²) in [4.78, 5) is 31.9. The zero-order valence-corrected chi connectivity index (χ0v) is 23.5. The molecule has 1 aromatic heterocycles. The number of amides is 2. The first-order valence-corrected chi connectivity index (χ1v) is 14.3. The number of nitrogens with zero attached hydrogens (tertiary/aromatic N) is 4. The summed E-state index contributed by atoms with van der Waals surface area (Å²) >= 11 is 1.55. The molecule has 0 aliphatic carbocycles. The number of ether oxygens (including phenoxy) is 1. The summed E-state index contributed by atoms with van der Waals surface area (Å²) in [5, 5.41) is 8.12. The largest absolute Gasteiger partial charge is 0.416 e. The van der Waals surface area contributed by atoms with Gasteiger partial charge in [0.1, 0.15) is 6.54 Å². The molecule has 2 aromatic carbocycles. The fourth-order valence-corrected chi connectivity index (χ4v) is 5.66. The number of carbonyl (C=O) groups excluding carboxylic acids is 2. The van der Waals surface area contributed by atoms with Crippen LogP contribution in [0.1, 0.15) is 44.4 Å². The van der Waals surface area contributed by atoms with Crippen molar-refractivity contribution in [2.24, 2.45) is 5.10 Å². The highest BCUT2D eigenvalue weighted by Crippen LogP contribution is 2.34. The second kappa shape index (κ2) is 12.5. The van der Waals surface area contributed by atoms with Gasteiger partial charge in [0.25, 0.3) is 11.8 Å². The Hall–Kier alpha value is -3.54. The normalized spacial score (nSPS) is 17.9. The molecule has 0 bridgehead atoms. The quantitative estimate of drug-likeness (QED) is 0.364. The zero-order chi connectivity index (χ0) is 29.0. The summed E-state index contributed by atoms with van der Waals surface area (Å²) in [5.41, 5.74) is 2.09. The second-order valence-corrected chi connectivity index (χ2v) is 11.1. The van der Waals surface area contributed by atoms with E-state index in [1.807, 2.05) is 48.7 Å². The predicted octanol–water partition coefficient (Wildman–Crippen LogP) is 5.23. The molecule has 2 aliphatic heterocycles. The van der Waals surface area contributed by atoms with Crippen molar-refractivity contribution in [3.05, 3.63) is 93.2 Å². The lowest BCUT2D eigenvalue weighted by molar-refractivity contribution is -0.137. The molecule has 216 valence electrons. The number of benzene rings is 2. The number of carbonyl (C=O) groups is 2. The Labute approximate surface area is 240 Å². The molecule has 1 atom stereocenters. The first-order chi connectivity index (χ1) is 19.7. The molecular formula is C30H31F3N4O3S. The van der Waals surface area contributed by atoms with E-state index in [2.05, 4.69) is 4.90 Å². The maximum Gasteiger partial charge on any atom is 0.416 e. The molecule has 1 saturated heterocycles. The molecule has 0 saturated carbocycles. The van der Waals surface area contributed by atoms with Crippen molar-refractivity contribution in [2.75, 3.05) is 45.9 Å². The van der Waals surface area contributed by atoms with E-state index in [9.17, 15) is 22.8 Å². The number of morpholine rings is 1. The van der Waals surface area contributed by atoms with E-state index in [4.69, 9.17) is 9.84 Å². The summed E-state index contributed by atoms with van der Waals surface area (Å²) < 4.78 is 44.7. The van der Waals surface area contributed by atoms with Crippen molar-refractivity contribution in [3.8, 4) is 0 Å². The summed E-state index contributed by atoms with van der Waals surface area (Å²) in [6.45, 7) is 5.04. The minimum Gasteiger partial charge on any atom is -0.379 e. The Morgan fingerprint density at radius 1 is 1.05 bits per heavy atom. The fourth-order valence-electron chi connectivity index (χ4n) is 4.94. The van der Waals surface area contributed by atoms with Crippen LogP contribution in [0.3, 0.4) is 0 Å². The highest BCUT2D eigenvalue weighted by Gasteiger charge is 2.35. The van der Waals surface area contributed by atoms with Crippen LogP contribution in [0.2, 0.25) is 0 Å². The number of halogens is 3. The molecule has 41 heavy (non-hydrogen) atoms. The molecule has 11 heteroatoms. The number of alkyl halides is 3. The molecule has 2 amide bonds. The number of hydrazone groups is 1. The molecule has 0 unspecified atom stereocenters. The average molecular weight is 585 g/mol. The van der Waals surface area contributed by atoms with Crippen LogP contribution < -0.4 is 0 Å². The molecule has 2 aliphatic rings. The summed E-state index contributed by atoms with van der Waals surface area (Å²) in [7, 11) is 0. The van der Waals surface area contributed by atoms with Gasteiger partial charge in [-0.3, -0.25) is 14.5 Å². The molecule has 5 rings (SSSR count). The molecule has 0 radical (unpaired) electrons. The van der Waals surface area contributed by atoms with Crippen molar-refractivity contribution in [1.82, 2.24) is 14.8 Å². The van der Waals surface area contributed by atoms with Gasteiger partial charge in [-0.25, -0.2) is 5.01 Å². The van der Waals surface area contributed by atoms with Gasteiger partial charge < -0.3 is 9.64 Å². The number of aryl methyl sites for hydroxylation is 1. The van der Waals surface area contributed by atoms with Crippen LogP contribution in [0.25, 0.3) is 0 Å². The van der Waals surface area contributed by atoms with Gasteiger partial charge in [-0.15, -0.1) is 11.3 Å². The third-order valence-electron chi connectivity index (χ3n) is 7.30.